The quantitative estimate of drug-likeness (QED) is 0.861. The Morgan fingerprint density at radius 3 is 2.89 bits per heavy atom. The number of hydrogen-bond donors (Lipinski definition) is 1. The summed E-state index contributed by atoms with van der Waals surface area (Å²) in [6.07, 6.45) is 0. The third kappa shape index (κ3) is 4.02. The molecule has 0 aliphatic rings. The lowest BCUT2D eigenvalue weighted by Gasteiger charge is -2.07. The molecule has 0 unspecified atom stereocenters. The molecule has 0 aliphatic carbocycles. The molecule has 2 rings (SSSR count). The zero-order chi connectivity index (χ0) is 12.8. The Bertz CT molecular complexity index is 498. The number of ether oxygens (including phenoxy) is 1. The van der Waals surface area contributed by atoms with Crippen molar-refractivity contribution >= 4 is 22.9 Å². The Kier molecular flexibility index (Phi) is 5.05. The van der Waals surface area contributed by atoms with Crippen LogP contribution in [-0.4, -0.2) is 6.54 Å². The first-order valence-corrected chi connectivity index (χ1v) is 7.14. The fourth-order valence-electron chi connectivity index (χ4n) is 1.60. The highest BCUT2D eigenvalue weighted by Crippen LogP contribution is 2.23. The predicted molar refractivity (Wildman–Crippen MR) is 77.5 cm³/mol. The molecule has 1 aromatic carbocycles. The SMILES string of the molecule is CCNCc1cccc(OCc2ccc(Cl)s2)c1. The van der Waals surface area contributed by atoms with Crippen molar-refractivity contribution in [2.45, 2.75) is 20.1 Å². The van der Waals surface area contributed by atoms with E-state index >= 15 is 0 Å². The van der Waals surface area contributed by atoms with E-state index in [0.29, 0.717) is 6.61 Å². The van der Waals surface area contributed by atoms with Gasteiger partial charge in [-0.15, -0.1) is 11.3 Å². The molecule has 0 spiro atoms. The number of hydrogen-bond acceptors (Lipinski definition) is 3. The first-order valence-electron chi connectivity index (χ1n) is 5.94. The normalized spacial score (nSPS) is 10.6. The van der Waals surface area contributed by atoms with E-state index in [-0.39, 0.29) is 0 Å². The van der Waals surface area contributed by atoms with Gasteiger partial charge in [0, 0.05) is 11.4 Å². The third-order valence-electron chi connectivity index (χ3n) is 2.49. The van der Waals surface area contributed by atoms with Gasteiger partial charge in [0.15, 0.2) is 0 Å². The minimum Gasteiger partial charge on any atom is -0.488 e. The van der Waals surface area contributed by atoms with Crippen LogP contribution >= 0.6 is 22.9 Å². The van der Waals surface area contributed by atoms with Crippen LogP contribution in [0.4, 0.5) is 0 Å². The molecule has 0 atom stereocenters. The maximum absolute atomic E-state index is 5.88. The first-order chi connectivity index (χ1) is 8.78. The first kappa shape index (κ1) is 13.4. The van der Waals surface area contributed by atoms with Crippen molar-refractivity contribution in [2.75, 3.05) is 6.54 Å². The van der Waals surface area contributed by atoms with Crippen molar-refractivity contribution in [1.29, 1.82) is 0 Å². The molecular formula is C14H16ClNOS. The maximum Gasteiger partial charge on any atom is 0.122 e. The molecule has 2 nitrogen and oxygen atoms in total. The average molecular weight is 282 g/mol. The molecule has 0 saturated carbocycles. The smallest absolute Gasteiger partial charge is 0.122 e. The molecule has 0 aliphatic heterocycles. The Hall–Kier alpha value is -1.03. The standard InChI is InChI=1S/C14H16ClNOS/c1-2-16-9-11-4-3-5-12(8-11)17-10-13-6-7-14(15)18-13/h3-8,16H,2,9-10H2,1H3. The summed E-state index contributed by atoms with van der Waals surface area (Å²) in [6.45, 7) is 4.51. The topological polar surface area (TPSA) is 21.3 Å². The molecule has 0 fully saturated rings. The molecule has 0 radical (unpaired) electrons. The van der Waals surface area contributed by atoms with Crippen LogP contribution in [0.5, 0.6) is 5.75 Å². The van der Waals surface area contributed by atoms with E-state index in [4.69, 9.17) is 16.3 Å². The van der Waals surface area contributed by atoms with Gasteiger partial charge in [0.05, 0.1) is 4.34 Å². The number of rotatable bonds is 6. The summed E-state index contributed by atoms with van der Waals surface area (Å²) in [5.41, 5.74) is 1.23. The second-order valence-corrected chi connectivity index (χ2v) is 5.72. The van der Waals surface area contributed by atoms with Crippen molar-refractivity contribution in [3.05, 3.63) is 51.2 Å². The molecule has 1 heterocycles. The van der Waals surface area contributed by atoms with Crippen LogP contribution in [0.1, 0.15) is 17.4 Å². The summed E-state index contributed by atoms with van der Waals surface area (Å²) in [4.78, 5) is 1.14. The van der Waals surface area contributed by atoms with Crippen LogP contribution in [-0.2, 0) is 13.2 Å². The molecule has 4 heteroatoms. The highest BCUT2D eigenvalue weighted by molar-refractivity contribution is 7.16. The molecule has 96 valence electrons. The van der Waals surface area contributed by atoms with Crippen LogP contribution in [0.15, 0.2) is 36.4 Å². The summed E-state index contributed by atoms with van der Waals surface area (Å²) in [5, 5.41) is 3.30. The Morgan fingerprint density at radius 2 is 2.17 bits per heavy atom. The van der Waals surface area contributed by atoms with Gasteiger partial charge in [-0.25, -0.2) is 0 Å². The highest BCUT2D eigenvalue weighted by Gasteiger charge is 2.00. The van der Waals surface area contributed by atoms with E-state index in [1.165, 1.54) is 5.56 Å². The summed E-state index contributed by atoms with van der Waals surface area (Å²) in [6, 6.07) is 12.0. The summed E-state index contributed by atoms with van der Waals surface area (Å²) in [7, 11) is 0. The lowest BCUT2D eigenvalue weighted by molar-refractivity contribution is 0.309. The van der Waals surface area contributed by atoms with Gasteiger partial charge in [-0.1, -0.05) is 30.7 Å². The summed E-state index contributed by atoms with van der Waals surface area (Å²) >= 11 is 7.43. The van der Waals surface area contributed by atoms with Gasteiger partial charge in [0.2, 0.25) is 0 Å². The van der Waals surface area contributed by atoms with Gasteiger partial charge in [0.25, 0.3) is 0 Å². The van der Waals surface area contributed by atoms with E-state index in [1.54, 1.807) is 11.3 Å². The summed E-state index contributed by atoms with van der Waals surface area (Å²) in [5.74, 6) is 0.898. The van der Waals surface area contributed by atoms with Gasteiger partial charge in [-0.05, 0) is 36.4 Å². The van der Waals surface area contributed by atoms with Crippen molar-refractivity contribution in [3.8, 4) is 5.75 Å². The van der Waals surface area contributed by atoms with Crippen molar-refractivity contribution < 1.29 is 4.74 Å². The Labute approximate surface area is 117 Å². The molecule has 0 amide bonds. The fraction of sp³-hybridized carbons (Fsp3) is 0.286. The van der Waals surface area contributed by atoms with Gasteiger partial charge < -0.3 is 10.1 Å². The van der Waals surface area contributed by atoms with E-state index in [2.05, 4.69) is 24.4 Å². The number of benzene rings is 1. The van der Waals surface area contributed by atoms with Crippen LogP contribution < -0.4 is 10.1 Å². The van der Waals surface area contributed by atoms with E-state index in [0.717, 1.165) is 28.1 Å². The van der Waals surface area contributed by atoms with Crippen LogP contribution in [0, 0.1) is 0 Å². The monoisotopic (exact) mass is 281 g/mol. The molecular weight excluding hydrogens is 266 g/mol. The minimum absolute atomic E-state index is 0.571. The molecule has 2 aromatic rings. The number of halogens is 1. The molecule has 18 heavy (non-hydrogen) atoms. The second kappa shape index (κ2) is 6.78. The van der Waals surface area contributed by atoms with Crippen LogP contribution in [0.2, 0.25) is 4.34 Å². The minimum atomic E-state index is 0.571. The maximum atomic E-state index is 5.88. The molecule has 0 saturated heterocycles. The van der Waals surface area contributed by atoms with Crippen molar-refractivity contribution in [2.24, 2.45) is 0 Å². The van der Waals surface area contributed by atoms with Gasteiger partial charge in [0.1, 0.15) is 12.4 Å². The Morgan fingerprint density at radius 1 is 1.28 bits per heavy atom. The highest BCUT2D eigenvalue weighted by atomic mass is 35.5. The van der Waals surface area contributed by atoms with Crippen LogP contribution in [0.3, 0.4) is 0 Å². The number of thiophene rings is 1. The lowest BCUT2D eigenvalue weighted by atomic mass is 10.2. The van der Waals surface area contributed by atoms with Gasteiger partial charge in [-0.2, -0.15) is 0 Å². The van der Waals surface area contributed by atoms with Gasteiger partial charge in [-0.3, -0.25) is 0 Å². The van der Waals surface area contributed by atoms with Gasteiger partial charge >= 0.3 is 0 Å². The van der Waals surface area contributed by atoms with E-state index in [1.807, 2.05) is 24.3 Å². The largest absolute Gasteiger partial charge is 0.488 e. The molecule has 0 bridgehead atoms. The average Bonchev–Trinajstić information content (AvgIpc) is 2.80. The molecule has 1 N–H and O–H groups in total. The molecule has 1 aromatic heterocycles. The van der Waals surface area contributed by atoms with E-state index in [9.17, 15) is 0 Å². The second-order valence-electron chi connectivity index (χ2n) is 3.92. The zero-order valence-corrected chi connectivity index (χ0v) is 11.9. The predicted octanol–water partition coefficient (Wildman–Crippen LogP) is 4.09. The lowest BCUT2D eigenvalue weighted by Crippen LogP contribution is -2.11. The van der Waals surface area contributed by atoms with Crippen LogP contribution in [0.25, 0.3) is 0 Å². The third-order valence-corrected chi connectivity index (χ3v) is 3.69. The van der Waals surface area contributed by atoms with Crippen molar-refractivity contribution in [3.63, 3.8) is 0 Å². The Balaban J connectivity index is 1.92. The van der Waals surface area contributed by atoms with E-state index < -0.39 is 0 Å². The number of nitrogens with one attached hydrogen (secondary N) is 1. The van der Waals surface area contributed by atoms with Crippen molar-refractivity contribution in [1.82, 2.24) is 5.32 Å². The summed E-state index contributed by atoms with van der Waals surface area (Å²) < 4.78 is 6.55. The fourth-order valence-corrected chi connectivity index (χ4v) is 2.60. The zero-order valence-electron chi connectivity index (χ0n) is 10.3.